The van der Waals surface area contributed by atoms with Crippen LogP contribution in [0.2, 0.25) is 5.02 Å². The van der Waals surface area contributed by atoms with Gasteiger partial charge in [0.05, 0.1) is 0 Å². The van der Waals surface area contributed by atoms with Gasteiger partial charge in [-0.2, -0.15) is 4.98 Å². The van der Waals surface area contributed by atoms with E-state index >= 15 is 0 Å². The van der Waals surface area contributed by atoms with Crippen molar-refractivity contribution in [3.63, 3.8) is 0 Å². The summed E-state index contributed by atoms with van der Waals surface area (Å²) >= 11 is 5.96. The molecule has 1 unspecified atom stereocenters. The Morgan fingerprint density at radius 3 is 3.05 bits per heavy atom. The Labute approximate surface area is 121 Å². The maximum atomic E-state index is 12.1. The van der Waals surface area contributed by atoms with Crippen molar-refractivity contribution in [2.45, 2.75) is 25.8 Å². The molecule has 0 saturated carbocycles. The summed E-state index contributed by atoms with van der Waals surface area (Å²) in [6.07, 6.45) is 0.430. The Hall–Kier alpha value is -1.88. The van der Waals surface area contributed by atoms with Gasteiger partial charge in [0.1, 0.15) is 0 Å². The number of nitrogens with zero attached hydrogens (tertiary/aromatic N) is 3. The first-order chi connectivity index (χ1) is 9.61. The summed E-state index contributed by atoms with van der Waals surface area (Å²) in [4.78, 5) is 18.1. The lowest BCUT2D eigenvalue weighted by atomic mass is 10.1. The minimum absolute atomic E-state index is 0.0131. The van der Waals surface area contributed by atoms with Crippen LogP contribution in [0.25, 0.3) is 0 Å². The maximum absolute atomic E-state index is 12.1. The number of halogens is 1. The molecule has 5 nitrogen and oxygen atoms in total. The van der Waals surface area contributed by atoms with Gasteiger partial charge in [-0.15, -0.1) is 0 Å². The molecule has 2 aromatic rings. The number of aromatic nitrogens is 2. The first-order valence-electron chi connectivity index (χ1n) is 6.44. The molecule has 0 bridgehead atoms. The Balaban J connectivity index is 1.71. The van der Waals surface area contributed by atoms with Crippen LogP contribution >= 0.6 is 11.6 Å². The van der Waals surface area contributed by atoms with Gasteiger partial charge in [0.25, 0.3) is 0 Å². The highest BCUT2D eigenvalue weighted by atomic mass is 35.5. The molecular weight excluding hydrogens is 278 g/mol. The Morgan fingerprint density at radius 1 is 1.50 bits per heavy atom. The Bertz CT molecular complexity index is 641. The van der Waals surface area contributed by atoms with E-state index in [0.717, 1.165) is 5.56 Å². The number of amides is 1. The van der Waals surface area contributed by atoms with Crippen LogP contribution in [0.1, 0.15) is 29.6 Å². The van der Waals surface area contributed by atoms with E-state index in [1.807, 2.05) is 29.2 Å². The zero-order valence-electron chi connectivity index (χ0n) is 11.0. The van der Waals surface area contributed by atoms with E-state index in [9.17, 15) is 4.79 Å². The van der Waals surface area contributed by atoms with Gasteiger partial charge < -0.3 is 9.42 Å². The van der Waals surface area contributed by atoms with Crippen molar-refractivity contribution >= 4 is 17.5 Å². The molecule has 1 amide bonds. The summed E-state index contributed by atoms with van der Waals surface area (Å²) in [5.41, 5.74) is 1.02. The average molecular weight is 292 g/mol. The van der Waals surface area contributed by atoms with Gasteiger partial charge in [-0.3, -0.25) is 4.79 Å². The largest absolute Gasteiger partial charge is 0.340 e. The molecule has 104 valence electrons. The van der Waals surface area contributed by atoms with Crippen LogP contribution in [0.4, 0.5) is 0 Å². The second-order valence-corrected chi connectivity index (χ2v) is 5.41. The van der Waals surface area contributed by atoms with E-state index in [1.54, 1.807) is 6.92 Å². The normalized spacial score (nSPS) is 18.8. The summed E-state index contributed by atoms with van der Waals surface area (Å²) in [6, 6.07) is 7.55. The van der Waals surface area contributed by atoms with Crippen LogP contribution in [0.15, 0.2) is 28.8 Å². The third-order valence-electron chi connectivity index (χ3n) is 3.39. The van der Waals surface area contributed by atoms with Crippen LogP contribution in [0.5, 0.6) is 0 Å². The molecule has 1 aromatic carbocycles. The van der Waals surface area contributed by atoms with Gasteiger partial charge in [0.15, 0.2) is 5.82 Å². The fraction of sp³-hybridized carbons (Fsp3) is 0.357. The topological polar surface area (TPSA) is 59.2 Å². The van der Waals surface area contributed by atoms with Crippen molar-refractivity contribution in [3.05, 3.63) is 46.6 Å². The van der Waals surface area contributed by atoms with E-state index in [2.05, 4.69) is 10.1 Å². The van der Waals surface area contributed by atoms with E-state index in [1.165, 1.54) is 0 Å². The number of benzene rings is 1. The molecule has 1 saturated heterocycles. The number of aryl methyl sites for hydroxylation is 1. The minimum Gasteiger partial charge on any atom is -0.340 e. The lowest BCUT2D eigenvalue weighted by Gasteiger charge is -2.16. The van der Waals surface area contributed by atoms with Gasteiger partial charge in [-0.05, 0) is 17.7 Å². The third kappa shape index (κ3) is 2.67. The SMILES string of the molecule is Cc1nc(C2CC(=O)N(Cc3cccc(Cl)c3)C2)no1. The van der Waals surface area contributed by atoms with Gasteiger partial charge in [0, 0.05) is 37.4 Å². The Morgan fingerprint density at radius 2 is 2.35 bits per heavy atom. The first-order valence-corrected chi connectivity index (χ1v) is 6.82. The van der Waals surface area contributed by atoms with Gasteiger partial charge in [-0.25, -0.2) is 0 Å². The second-order valence-electron chi connectivity index (χ2n) is 4.98. The van der Waals surface area contributed by atoms with Crippen molar-refractivity contribution in [1.82, 2.24) is 15.0 Å². The van der Waals surface area contributed by atoms with E-state index in [-0.39, 0.29) is 11.8 Å². The smallest absolute Gasteiger partial charge is 0.223 e. The molecule has 0 spiro atoms. The number of carbonyl (C=O) groups excluding carboxylic acids is 1. The number of likely N-dealkylation sites (tertiary alicyclic amines) is 1. The van der Waals surface area contributed by atoms with Crippen LogP contribution in [0, 0.1) is 6.92 Å². The maximum Gasteiger partial charge on any atom is 0.223 e. The van der Waals surface area contributed by atoms with Crippen molar-refractivity contribution in [2.75, 3.05) is 6.54 Å². The highest BCUT2D eigenvalue weighted by Crippen LogP contribution is 2.27. The molecule has 1 aliphatic heterocycles. The fourth-order valence-corrected chi connectivity index (χ4v) is 2.65. The van der Waals surface area contributed by atoms with Crippen LogP contribution in [0.3, 0.4) is 0 Å². The molecule has 1 fully saturated rings. The molecule has 2 heterocycles. The second kappa shape index (κ2) is 5.25. The summed E-state index contributed by atoms with van der Waals surface area (Å²) in [6.45, 7) is 2.92. The predicted molar refractivity (Wildman–Crippen MR) is 73.3 cm³/mol. The van der Waals surface area contributed by atoms with Crippen molar-refractivity contribution < 1.29 is 9.32 Å². The van der Waals surface area contributed by atoms with E-state index in [0.29, 0.717) is 36.2 Å². The zero-order valence-corrected chi connectivity index (χ0v) is 11.8. The van der Waals surface area contributed by atoms with Crippen LogP contribution in [-0.2, 0) is 11.3 Å². The standard InChI is InChI=1S/C14H14ClN3O2/c1-9-16-14(17-20-9)11-6-13(19)18(8-11)7-10-3-2-4-12(15)5-10/h2-5,11H,6-8H2,1H3. The monoisotopic (exact) mass is 291 g/mol. The van der Waals surface area contributed by atoms with Gasteiger partial charge in [-0.1, -0.05) is 28.9 Å². The van der Waals surface area contributed by atoms with Crippen molar-refractivity contribution in [1.29, 1.82) is 0 Å². The van der Waals surface area contributed by atoms with Gasteiger partial charge >= 0.3 is 0 Å². The molecule has 1 atom stereocenters. The van der Waals surface area contributed by atoms with E-state index in [4.69, 9.17) is 16.1 Å². The lowest BCUT2D eigenvalue weighted by molar-refractivity contribution is -0.128. The molecule has 0 radical (unpaired) electrons. The molecule has 6 heteroatoms. The van der Waals surface area contributed by atoms with E-state index < -0.39 is 0 Å². The molecule has 3 rings (SSSR count). The summed E-state index contributed by atoms with van der Waals surface area (Å²) < 4.78 is 4.97. The number of carbonyl (C=O) groups is 1. The molecule has 1 aromatic heterocycles. The number of hydrogen-bond acceptors (Lipinski definition) is 4. The highest BCUT2D eigenvalue weighted by Gasteiger charge is 2.33. The Kier molecular flexibility index (Phi) is 3.44. The quantitative estimate of drug-likeness (QED) is 0.872. The zero-order chi connectivity index (χ0) is 14.1. The predicted octanol–water partition coefficient (Wildman–Crippen LogP) is 2.55. The fourth-order valence-electron chi connectivity index (χ4n) is 2.43. The molecule has 0 N–H and O–H groups in total. The van der Waals surface area contributed by atoms with Gasteiger partial charge in [0.2, 0.25) is 11.8 Å². The number of rotatable bonds is 3. The molecular formula is C14H14ClN3O2. The summed E-state index contributed by atoms with van der Waals surface area (Å²) in [5, 5.41) is 4.58. The van der Waals surface area contributed by atoms with Crippen LogP contribution in [-0.4, -0.2) is 27.5 Å². The summed E-state index contributed by atoms with van der Waals surface area (Å²) in [5.74, 6) is 1.27. The molecule has 1 aliphatic rings. The molecule has 20 heavy (non-hydrogen) atoms. The minimum atomic E-state index is 0.0131. The lowest BCUT2D eigenvalue weighted by Crippen LogP contribution is -2.24. The van der Waals surface area contributed by atoms with Crippen LogP contribution < -0.4 is 0 Å². The number of hydrogen-bond donors (Lipinski definition) is 0. The van der Waals surface area contributed by atoms with Crippen molar-refractivity contribution in [2.24, 2.45) is 0 Å². The third-order valence-corrected chi connectivity index (χ3v) is 3.62. The first kappa shape index (κ1) is 13.1. The average Bonchev–Trinajstić information content (AvgIpc) is 2.97. The molecule has 0 aliphatic carbocycles. The highest BCUT2D eigenvalue weighted by molar-refractivity contribution is 6.30. The summed E-state index contributed by atoms with van der Waals surface area (Å²) in [7, 11) is 0. The van der Waals surface area contributed by atoms with Crippen molar-refractivity contribution in [3.8, 4) is 0 Å².